The van der Waals surface area contributed by atoms with E-state index in [1.54, 1.807) is 0 Å². The van der Waals surface area contributed by atoms with E-state index in [0.29, 0.717) is 5.82 Å². The SMILES string of the molecule is CN1CCN(C(=C=O)n2c(-c3ccc[nH]3)cc3ccccc32)CC1. The normalized spacial score (nSPS) is 15.6. The maximum absolute atomic E-state index is 11.9. The van der Waals surface area contributed by atoms with E-state index in [1.165, 1.54) is 0 Å². The lowest BCUT2D eigenvalue weighted by Crippen LogP contribution is -2.44. The Balaban J connectivity index is 1.88. The molecule has 0 saturated carbocycles. The summed E-state index contributed by atoms with van der Waals surface area (Å²) in [5.74, 6) is 2.80. The highest BCUT2D eigenvalue weighted by Gasteiger charge is 2.22. The smallest absolute Gasteiger partial charge is 0.200 e. The van der Waals surface area contributed by atoms with Crippen molar-refractivity contribution in [2.75, 3.05) is 33.2 Å². The zero-order valence-corrected chi connectivity index (χ0v) is 13.7. The van der Waals surface area contributed by atoms with Crippen LogP contribution >= 0.6 is 0 Å². The second-order valence-corrected chi connectivity index (χ2v) is 6.22. The fourth-order valence-corrected chi connectivity index (χ4v) is 3.34. The van der Waals surface area contributed by atoms with Gasteiger partial charge in [0.15, 0.2) is 5.94 Å². The summed E-state index contributed by atoms with van der Waals surface area (Å²) < 4.78 is 2.03. The molecule has 1 aliphatic rings. The van der Waals surface area contributed by atoms with E-state index in [4.69, 9.17) is 0 Å². The monoisotopic (exact) mass is 320 g/mol. The number of hydrogen-bond acceptors (Lipinski definition) is 3. The van der Waals surface area contributed by atoms with Gasteiger partial charge >= 0.3 is 0 Å². The van der Waals surface area contributed by atoms with Gasteiger partial charge in [0, 0.05) is 37.8 Å². The van der Waals surface area contributed by atoms with Crippen molar-refractivity contribution in [3.05, 3.63) is 48.7 Å². The highest BCUT2D eigenvalue weighted by molar-refractivity contribution is 5.93. The summed E-state index contributed by atoms with van der Waals surface area (Å²) >= 11 is 0. The molecule has 0 bridgehead atoms. The van der Waals surface area contributed by atoms with E-state index in [1.807, 2.05) is 35.0 Å². The lowest BCUT2D eigenvalue weighted by Gasteiger charge is -2.34. The van der Waals surface area contributed by atoms with Crippen LogP contribution in [0.2, 0.25) is 0 Å². The first-order valence-corrected chi connectivity index (χ1v) is 8.21. The van der Waals surface area contributed by atoms with Gasteiger partial charge in [0.1, 0.15) is 0 Å². The third kappa shape index (κ3) is 2.44. The van der Waals surface area contributed by atoms with Gasteiger partial charge in [-0.25, -0.2) is 4.79 Å². The molecule has 0 atom stereocenters. The van der Waals surface area contributed by atoms with Crippen molar-refractivity contribution in [1.82, 2.24) is 19.4 Å². The predicted molar refractivity (Wildman–Crippen MR) is 96.2 cm³/mol. The lowest BCUT2D eigenvalue weighted by atomic mass is 10.2. The van der Waals surface area contributed by atoms with Crippen LogP contribution in [0.3, 0.4) is 0 Å². The summed E-state index contributed by atoms with van der Waals surface area (Å²) in [7, 11) is 2.11. The molecule has 1 N–H and O–H groups in total. The summed E-state index contributed by atoms with van der Waals surface area (Å²) in [4.78, 5) is 19.6. The van der Waals surface area contributed by atoms with Gasteiger partial charge in [-0.1, -0.05) is 18.2 Å². The number of para-hydroxylation sites is 1. The first kappa shape index (κ1) is 14.8. The molecular formula is C19H20N4O. The topological polar surface area (TPSA) is 44.3 Å². The highest BCUT2D eigenvalue weighted by Crippen LogP contribution is 2.31. The van der Waals surface area contributed by atoms with Crippen LogP contribution in [-0.2, 0) is 4.79 Å². The average Bonchev–Trinajstić information content (AvgIpc) is 3.25. The Morgan fingerprint density at radius 1 is 1.08 bits per heavy atom. The van der Waals surface area contributed by atoms with Crippen molar-refractivity contribution in [1.29, 1.82) is 0 Å². The molecule has 0 spiro atoms. The molecule has 122 valence electrons. The zero-order chi connectivity index (χ0) is 16.5. The van der Waals surface area contributed by atoms with Crippen molar-refractivity contribution in [2.45, 2.75) is 0 Å². The van der Waals surface area contributed by atoms with Crippen LogP contribution < -0.4 is 0 Å². The van der Waals surface area contributed by atoms with Crippen LogP contribution in [0.1, 0.15) is 0 Å². The van der Waals surface area contributed by atoms with Gasteiger partial charge in [-0.3, -0.25) is 4.57 Å². The molecule has 24 heavy (non-hydrogen) atoms. The third-order valence-electron chi connectivity index (χ3n) is 4.69. The molecule has 1 aliphatic heterocycles. The molecule has 4 rings (SSSR count). The number of carbonyl (C=O) groups excluding carboxylic acids is 1. The number of benzene rings is 1. The Hall–Kier alpha value is -2.75. The number of nitrogens with zero attached hydrogens (tertiary/aromatic N) is 3. The number of piperazine rings is 1. The van der Waals surface area contributed by atoms with Crippen LogP contribution in [0.25, 0.3) is 28.1 Å². The minimum Gasteiger partial charge on any atom is -0.360 e. The minimum absolute atomic E-state index is 0.592. The van der Waals surface area contributed by atoms with E-state index >= 15 is 0 Å². The highest BCUT2D eigenvalue weighted by atomic mass is 16.1. The van der Waals surface area contributed by atoms with E-state index in [-0.39, 0.29) is 0 Å². The van der Waals surface area contributed by atoms with Crippen LogP contribution in [0, 0.1) is 0 Å². The number of H-pyrrole nitrogens is 1. The molecule has 3 aromatic rings. The number of likely N-dealkylation sites (N-methyl/N-ethyl adjacent to an activating group) is 1. The lowest BCUT2D eigenvalue weighted by molar-refractivity contribution is 0.203. The molecule has 5 nitrogen and oxygen atoms in total. The number of rotatable bonds is 3. The number of hydrogen-bond donors (Lipinski definition) is 1. The molecule has 5 heteroatoms. The zero-order valence-electron chi connectivity index (χ0n) is 13.7. The van der Waals surface area contributed by atoms with Crippen molar-refractivity contribution < 1.29 is 4.79 Å². The van der Waals surface area contributed by atoms with Gasteiger partial charge in [0.2, 0.25) is 5.82 Å². The summed E-state index contributed by atoms with van der Waals surface area (Å²) in [6, 6.07) is 14.3. The minimum atomic E-state index is 0.592. The predicted octanol–water partition coefficient (Wildman–Crippen LogP) is 2.51. The Bertz CT molecular complexity index is 895. The summed E-state index contributed by atoms with van der Waals surface area (Å²) in [5, 5.41) is 1.11. The average molecular weight is 320 g/mol. The second kappa shape index (κ2) is 6.04. The fraction of sp³-hybridized carbons (Fsp3) is 0.263. The van der Waals surface area contributed by atoms with Crippen LogP contribution in [0.15, 0.2) is 48.7 Å². The second-order valence-electron chi connectivity index (χ2n) is 6.22. The van der Waals surface area contributed by atoms with Crippen molar-refractivity contribution in [3.63, 3.8) is 0 Å². The summed E-state index contributed by atoms with van der Waals surface area (Å²) in [6.45, 7) is 3.56. The van der Waals surface area contributed by atoms with Crippen molar-refractivity contribution in [3.8, 4) is 11.4 Å². The van der Waals surface area contributed by atoms with E-state index in [0.717, 1.165) is 48.5 Å². The Labute approximate surface area is 140 Å². The van der Waals surface area contributed by atoms with Gasteiger partial charge in [-0.15, -0.1) is 0 Å². The molecule has 2 aromatic heterocycles. The molecule has 1 aromatic carbocycles. The molecule has 1 fully saturated rings. The molecular weight excluding hydrogens is 300 g/mol. The summed E-state index contributed by atoms with van der Waals surface area (Å²) in [6.07, 6.45) is 1.90. The van der Waals surface area contributed by atoms with Gasteiger partial charge in [0.25, 0.3) is 0 Å². The third-order valence-corrected chi connectivity index (χ3v) is 4.69. The fourth-order valence-electron chi connectivity index (χ4n) is 3.34. The van der Waals surface area contributed by atoms with Crippen LogP contribution in [0.4, 0.5) is 0 Å². The largest absolute Gasteiger partial charge is 0.360 e. The van der Waals surface area contributed by atoms with Gasteiger partial charge in [0.05, 0.1) is 16.9 Å². The quantitative estimate of drug-likeness (QED) is 0.754. The van der Waals surface area contributed by atoms with Gasteiger partial charge in [-0.05, 0) is 31.3 Å². The molecule has 0 radical (unpaired) electrons. The van der Waals surface area contributed by atoms with E-state index in [9.17, 15) is 4.79 Å². The Morgan fingerprint density at radius 2 is 1.88 bits per heavy atom. The van der Waals surface area contributed by atoms with Gasteiger partial charge in [-0.2, -0.15) is 0 Å². The van der Waals surface area contributed by atoms with Crippen LogP contribution in [0.5, 0.6) is 0 Å². The van der Waals surface area contributed by atoms with Crippen LogP contribution in [-0.4, -0.2) is 58.5 Å². The molecule has 3 heterocycles. The Kier molecular flexibility index (Phi) is 3.73. The van der Waals surface area contributed by atoms with E-state index in [2.05, 4.69) is 46.0 Å². The standard InChI is InChI=1S/C19H20N4O/c1-21-9-11-22(12-10-21)19(14-24)23-17-7-3-2-5-15(17)13-18(23)16-6-4-8-20-16/h2-8,13,20H,9-12H2,1H3. The Morgan fingerprint density at radius 3 is 2.58 bits per heavy atom. The summed E-state index contributed by atoms with van der Waals surface area (Å²) in [5.41, 5.74) is 3.01. The first-order chi connectivity index (χ1) is 11.8. The number of aromatic nitrogens is 2. The maximum Gasteiger partial charge on any atom is 0.200 e. The molecule has 0 aliphatic carbocycles. The van der Waals surface area contributed by atoms with Crippen molar-refractivity contribution in [2.24, 2.45) is 0 Å². The number of aromatic amines is 1. The van der Waals surface area contributed by atoms with Crippen molar-refractivity contribution >= 4 is 22.7 Å². The van der Waals surface area contributed by atoms with Gasteiger partial charge < -0.3 is 14.8 Å². The molecule has 1 saturated heterocycles. The number of nitrogens with one attached hydrogen (secondary N) is 1. The first-order valence-electron chi connectivity index (χ1n) is 8.21. The maximum atomic E-state index is 11.9. The van der Waals surface area contributed by atoms with E-state index < -0.39 is 0 Å². The molecule has 0 unspecified atom stereocenters. The molecule has 0 amide bonds. The number of fused-ring (bicyclic) bond motifs is 1.